The molecule has 1 heterocycles. The molecule has 1 saturated carbocycles. The summed E-state index contributed by atoms with van der Waals surface area (Å²) in [6.45, 7) is 3.27. The molecular formula is C23H34N2O4. The predicted molar refractivity (Wildman–Crippen MR) is 111 cm³/mol. The summed E-state index contributed by atoms with van der Waals surface area (Å²) in [5, 5.41) is 13.9. The maximum absolute atomic E-state index is 13.0. The van der Waals surface area contributed by atoms with Crippen LogP contribution in [0.4, 0.5) is 0 Å². The fraction of sp³-hybridized carbons (Fsp3) is 0.652. The first kappa shape index (κ1) is 21.8. The molecule has 2 amide bonds. The Balaban J connectivity index is 1.77. The van der Waals surface area contributed by atoms with Gasteiger partial charge >= 0.3 is 0 Å². The number of aliphatic hydroxyl groups excluding tert-OH is 1. The van der Waals surface area contributed by atoms with E-state index in [4.69, 9.17) is 4.74 Å². The SMILES string of the molecule is CC(=O)NC[C@]1(c2ccccc2)CC[C@H](O)[C@@H](N(C)C(=O)[C@H]2CCCOC2)CC1. The average Bonchev–Trinajstić information content (AvgIpc) is 2.92. The van der Waals surface area contributed by atoms with Gasteiger partial charge < -0.3 is 20.1 Å². The van der Waals surface area contributed by atoms with Crippen molar-refractivity contribution >= 4 is 11.8 Å². The first-order valence-corrected chi connectivity index (χ1v) is 10.8. The number of nitrogens with zero attached hydrogens (tertiary/aromatic N) is 1. The molecule has 1 aromatic rings. The van der Waals surface area contributed by atoms with E-state index in [1.54, 1.807) is 4.90 Å². The monoisotopic (exact) mass is 402 g/mol. The van der Waals surface area contributed by atoms with Gasteiger partial charge in [-0.2, -0.15) is 0 Å². The quantitative estimate of drug-likeness (QED) is 0.741. The van der Waals surface area contributed by atoms with Crippen LogP contribution < -0.4 is 5.32 Å². The molecule has 0 unspecified atom stereocenters. The Labute approximate surface area is 173 Å². The van der Waals surface area contributed by atoms with Gasteiger partial charge in [-0.3, -0.25) is 9.59 Å². The smallest absolute Gasteiger partial charge is 0.228 e. The zero-order valence-corrected chi connectivity index (χ0v) is 17.6. The summed E-state index contributed by atoms with van der Waals surface area (Å²) in [5.74, 6) is -0.0865. The van der Waals surface area contributed by atoms with E-state index >= 15 is 0 Å². The first-order chi connectivity index (χ1) is 13.9. The number of aliphatic hydroxyl groups is 1. The molecule has 160 valence electrons. The van der Waals surface area contributed by atoms with E-state index in [1.807, 2.05) is 25.2 Å². The standard InChI is InChI=1S/C23H34N2O4/c1-17(26)24-16-23(19-8-4-3-5-9-19)12-10-20(21(27)11-13-23)25(2)22(28)18-7-6-14-29-15-18/h3-5,8-9,18,20-21,27H,6-7,10-16H2,1-2H3,(H,24,26)/t18-,20-,21-,23+/m0/s1. The number of nitrogens with one attached hydrogen (secondary N) is 1. The molecule has 2 N–H and O–H groups in total. The highest BCUT2D eigenvalue weighted by Crippen LogP contribution is 2.39. The van der Waals surface area contributed by atoms with Crippen molar-refractivity contribution in [2.45, 2.75) is 63.0 Å². The molecule has 1 aliphatic carbocycles. The molecule has 1 aromatic carbocycles. The van der Waals surface area contributed by atoms with Crippen LogP contribution in [0.2, 0.25) is 0 Å². The number of benzene rings is 1. The van der Waals surface area contributed by atoms with Crippen LogP contribution in [-0.2, 0) is 19.7 Å². The van der Waals surface area contributed by atoms with E-state index in [0.717, 1.165) is 32.3 Å². The van der Waals surface area contributed by atoms with E-state index < -0.39 is 6.10 Å². The summed E-state index contributed by atoms with van der Waals surface area (Å²) < 4.78 is 5.49. The Morgan fingerprint density at radius 1 is 1.21 bits per heavy atom. The number of rotatable bonds is 5. The third kappa shape index (κ3) is 5.17. The number of amides is 2. The topological polar surface area (TPSA) is 78.9 Å². The minimum Gasteiger partial charge on any atom is -0.391 e. The first-order valence-electron chi connectivity index (χ1n) is 10.8. The van der Waals surface area contributed by atoms with E-state index in [2.05, 4.69) is 17.4 Å². The Hall–Kier alpha value is -1.92. The van der Waals surface area contributed by atoms with Gasteiger partial charge in [0, 0.05) is 32.5 Å². The molecule has 29 heavy (non-hydrogen) atoms. The third-order valence-corrected chi connectivity index (χ3v) is 6.70. The average molecular weight is 403 g/mol. The number of likely N-dealkylation sites (N-methyl/N-ethyl adjacent to an activating group) is 1. The lowest BCUT2D eigenvalue weighted by Crippen LogP contribution is -2.48. The van der Waals surface area contributed by atoms with Crippen molar-refractivity contribution in [1.29, 1.82) is 0 Å². The highest BCUT2D eigenvalue weighted by molar-refractivity contribution is 5.79. The molecule has 0 radical (unpaired) electrons. The van der Waals surface area contributed by atoms with Crippen LogP contribution in [0, 0.1) is 5.92 Å². The maximum Gasteiger partial charge on any atom is 0.228 e. The van der Waals surface area contributed by atoms with Crippen LogP contribution >= 0.6 is 0 Å². The lowest BCUT2D eigenvalue weighted by molar-refractivity contribution is -0.143. The van der Waals surface area contributed by atoms with Crippen molar-refractivity contribution in [1.82, 2.24) is 10.2 Å². The number of hydrogen-bond donors (Lipinski definition) is 2. The van der Waals surface area contributed by atoms with Crippen molar-refractivity contribution in [3.05, 3.63) is 35.9 Å². The van der Waals surface area contributed by atoms with Crippen molar-refractivity contribution in [3.63, 3.8) is 0 Å². The molecule has 0 bridgehead atoms. The van der Waals surface area contributed by atoms with Gasteiger partial charge in [-0.05, 0) is 44.1 Å². The minimum absolute atomic E-state index is 0.0498. The summed E-state index contributed by atoms with van der Waals surface area (Å²) in [4.78, 5) is 26.4. The molecular weight excluding hydrogens is 368 g/mol. The lowest BCUT2D eigenvalue weighted by Gasteiger charge is -2.35. The molecule has 6 heteroatoms. The van der Waals surface area contributed by atoms with Gasteiger partial charge in [0.05, 0.1) is 24.7 Å². The summed E-state index contributed by atoms with van der Waals surface area (Å²) in [6, 6.07) is 10.0. The van der Waals surface area contributed by atoms with Crippen LogP contribution in [-0.4, -0.2) is 60.8 Å². The number of ether oxygens (including phenoxy) is 1. The zero-order chi connectivity index (χ0) is 20.9. The van der Waals surface area contributed by atoms with Crippen LogP contribution in [0.3, 0.4) is 0 Å². The zero-order valence-electron chi connectivity index (χ0n) is 17.6. The van der Waals surface area contributed by atoms with Crippen molar-refractivity contribution in [3.8, 4) is 0 Å². The van der Waals surface area contributed by atoms with Crippen LogP contribution in [0.5, 0.6) is 0 Å². The fourth-order valence-corrected chi connectivity index (χ4v) is 4.85. The van der Waals surface area contributed by atoms with Gasteiger partial charge in [0.2, 0.25) is 11.8 Å². The molecule has 1 aliphatic heterocycles. The number of carbonyl (C=O) groups is 2. The summed E-state index contributed by atoms with van der Waals surface area (Å²) in [6.07, 6.45) is 4.05. The minimum atomic E-state index is -0.573. The van der Waals surface area contributed by atoms with E-state index in [0.29, 0.717) is 26.0 Å². The van der Waals surface area contributed by atoms with Gasteiger partial charge in [0.1, 0.15) is 0 Å². The van der Waals surface area contributed by atoms with E-state index in [1.165, 1.54) is 12.5 Å². The maximum atomic E-state index is 13.0. The molecule has 6 nitrogen and oxygen atoms in total. The van der Waals surface area contributed by atoms with Crippen molar-refractivity contribution in [2.24, 2.45) is 5.92 Å². The van der Waals surface area contributed by atoms with Gasteiger partial charge in [-0.25, -0.2) is 0 Å². The predicted octanol–water partition coefficient (Wildman–Crippen LogP) is 2.25. The molecule has 4 atom stereocenters. The van der Waals surface area contributed by atoms with Crippen molar-refractivity contribution in [2.75, 3.05) is 26.8 Å². The largest absolute Gasteiger partial charge is 0.391 e. The second-order valence-corrected chi connectivity index (χ2v) is 8.63. The second kappa shape index (κ2) is 9.72. The summed E-state index contributed by atoms with van der Waals surface area (Å²) in [7, 11) is 1.81. The molecule has 0 spiro atoms. The van der Waals surface area contributed by atoms with E-state index in [-0.39, 0.29) is 29.2 Å². The molecule has 1 saturated heterocycles. The highest BCUT2D eigenvalue weighted by atomic mass is 16.5. The molecule has 2 aliphatic rings. The normalized spacial score (nSPS) is 30.2. The number of carbonyl (C=O) groups excluding carboxylic acids is 2. The Morgan fingerprint density at radius 2 is 1.93 bits per heavy atom. The van der Waals surface area contributed by atoms with Gasteiger partial charge in [-0.15, -0.1) is 0 Å². The second-order valence-electron chi connectivity index (χ2n) is 8.63. The van der Waals surface area contributed by atoms with Crippen LogP contribution in [0.25, 0.3) is 0 Å². The third-order valence-electron chi connectivity index (χ3n) is 6.70. The number of hydrogen-bond acceptors (Lipinski definition) is 4. The lowest BCUT2D eigenvalue weighted by atomic mass is 9.74. The molecule has 3 rings (SSSR count). The van der Waals surface area contributed by atoms with Crippen LogP contribution in [0.1, 0.15) is 51.0 Å². The highest BCUT2D eigenvalue weighted by Gasteiger charge is 2.40. The molecule has 2 fully saturated rings. The van der Waals surface area contributed by atoms with Crippen molar-refractivity contribution < 1.29 is 19.4 Å². The fourth-order valence-electron chi connectivity index (χ4n) is 4.85. The summed E-state index contributed by atoms with van der Waals surface area (Å²) in [5.41, 5.74) is 0.941. The summed E-state index contributed by atoms with van der Waals surface area (Å²) >= 11 is 0. The Morgan fingerprint density at radius 3 is 2.59 bits per heavy atom. The Kier molecular flexibility index (Phi) is 7.30. The van der Waals surface area contributed by atoms with Gasteiger partial charge in [0.25, 0.3) is 0 Å². The molecule has 0 aromatic heterocycles. The Bertz CT molecular complexity index is 689. The van der Waals surface area contributed by atoms with E-state index in [9.17, 15) is 14.7 Å². The van der Waals surface area contributed by atoms with Gasteiger partial charge in [-0.1, -0.05) is 30.3 Å². The van der Waals surface area contributed by atoms with Gasteiger partial charge in [0.15, 0.2) is 0 Å². The van der Waals surface area contributed by atoms with Crippen LogP contribution in [0.15, 0.2) is 30.3 Å².